The molecule has 1 aliphatic rings. The molecule has 0 radical (unpaired) electrons. The molecule has 3 rings (SSSR count). The first-order chi connectivity index (χ1) is 11.0. The van der Waals surface area contributed by atoms with E-state index in [1.165, 1.54) is 0 Å². The van der Waals surface area contributed by atoms with Crippen molar-refractivity contribution >= 4 is 5.91 Å². The highest BCUT2D eigenvalue weighted by molar-refractivity contribution is 5.79. The van der Waals surface area contributed by atoms with E-state index in [0.717, 1.165) is 23.4 Å². The molecule has 7 heteroatoms. The minimum atomic E-state index is -0.0411. The normalized spacial score (nSPS) is 17.5. The van der Waals surface area contributed by atoms with E-state index in [0.29, 0.717) is 31.2 Å². The van der Waals surface area contributed by atoms with Crippen molar-refractivity contribution < 1.29 is 14.1 Å². The summed E-state index contributed by atoms with van der Waals surface area (Å²) < 4.78 is 10.9. The first-order valence-corrected chi connectivity index (χ1v) is 7.69. The first kappa shape index (κ1) is 15.5. The molecule has 23 heavy (non-hydrogen) atoms. The number of hydrogen-bond acceptors (Lipinski definition) is 6. The molecule has 7 nitrogen and oxygen atoms in total. The van der Waals surface area contributed by atoms with Crippen LogP contribution in [0.5, 0.6) is 5.88 Å². The Bertz CT molecular complexity index is 676. The van der Waals surface area contributed by atoms with Gasteiger partial charge in [0.05, 0.1) is 24.4 Å². The zero-order chi connectivity index (χ0) is 16.4. The zero-order valence-electron chi connectivity index (χ0n) is 13.6. The smallest absolute Gasteiger partial charge is 0.233 e. The largest absolute Gasteiger partial charge is 0.471 e. The second-order valence-electron chi connectivity index (χ2n) is 5.86. The van der Waals surface area contributed by atoms with Gasteiger partial charge >= 0.3 is 0 Å². The van der Waals surface area contributed by atoms with Crippen LogP contribution in [-0.2, 0) is 11.2 Å². The second-order valence-corrected chi connectivity index (χ2v) is 5.86. The topological polar surface area (TPSA) is 81.4 Å². The fourth-order valence-corrected chi connectivity index (χ4v) is 2.69. The predicted octanol–water partition coefficient (Wildman–Crippen LogP) is 1.61. The third-order valence-electron chi connectivity index (χ3n) is 4.07. The minimum Gasteiger partial charge on any atom is -0.471 e. The van der Waals surface area contributed by atoms with Crippen LogP contribution in [0.4, 0.5) is 0 Å². The Labute approximate surface area is 134 Å². The number of carbonyl (C=O) groups is 1. The Hall–Kier alpha value is -2.44. The molecular weight excluding hydrogens is 296 g/mol. The van der Waals surface area contributed by atoms with Gasteiger partial charge in [-0.05, 0) is 26.8 Å². The Kier molecular flexibility index (Phi) is 4.27. The summed E-state index contributed by atoms with van der Waals surface area (Å²) in [5.74, 6) is 1.28. The van der Waals surface area contributed by atoms with Crippen LogP contribution in [0.3, 0.4) is 0 Å². The van der Waals surface area contributed by atoms with E-state index in [-0.39, 0.29) is 12.0 Å². The fraction of sp³-hybridized carbons (Fsp3) is 0.500. The van der Waals surface area contributed by atoms with Crippen LogP contribution >= 0.6 is 0 Å². The number of rotatable bonds is 4. The Morgan fingerprint density at radius 3 is 2.83 bits per heavy atom. The average Bonchev–Trinajstić information content (AvgIpc) is 3.11. The number of likely N-dealkylation sites (tertiary alicyclic amines) is 1. The van der Waals surface area contributed by atoms with E-state index in [2.05, 4.69) is 15.4 Å². The average molecular weight is 316 g/mol. The molecule has 0 aliphatic carbocycles. The van der Waals surface area contributed by atoms with Crippen LogP contribution < -0.4 is 4.74 Å². The zero-order valence-corrected chi connectivity index (χ0v) is 13.6. The molecule has 1 amide bonds. The van der Waals surface area contributed by atoms with Crippen molar-refractivity contribution in [3.8, 4) is 5.88 Å². The highest BCUT2D eigenvalue weighted by Crippen LogP contribution is 2.19. The lowest BCUT2D eigenvalue weighted by molar-refractivity contribution is -0.129. The summed E-state index contributed by atoms with van der Waals surface area (Å²) in [5.41, 5.74) is 2.50. The molecule has 1 fully saturated rings. The van der Waals surface area contributed by atoms with Gasteiger partial charge in [0.1, 0.15) is 11.9 Å². The lowest BCUT2D eigenvalue weighted by Crippen LogP contribution is -2.32. The third kappa shape index (κ3) is 3.49. The van der Waals surface area contributed by atoms with Gasteiger partial charge in [-0.3, -0.25) is 4.79 Å². The maximum atomic E-state index is 12.4. The summed E-state index contributed by atoms with van der Waals surface area (Å²) in [6.07, 6.45) is 1.07. The summed E-state index contributed by atoms with van der Waals surface area (Å²) in [6, 6.07) is 3.66. The van der Waals surface area contributed by atoms with E-state index in [9.17, 15) is 4.79 Å². The maximum absolute atomic E-state index is 12.4. The van der Waals surface area contributed by atoms with Crippen molar-refractivity contribution in [1.29, 1.82) is 0 Å². The molecule has 0 N–H and O–H groups in total. The molecule has 0 aromatic carbocycles. The van der Waals surface area contributed by atoms with Crippen LogP contribution in [0.25, 0.3) is 0 Å². The van der Waals surface area contributed by atoms with Crippen LogP contribution in [0.2, 0.25) is 0 Å². The van der Waals surface area contributed by atoms with E-state index in [1.54, 1.807) is 6.07 Å². The van der Waals surface area contributed by atoms with Crippen LogP contribution in [0.15, 0.2) is 16.7 Å². The monoisotopic (exact) mass is 316 g/mol. The van der Waals surface area contributed by atoms with Crippen molar-refractivity contribution in [2.75, 3.05) is 13.1 Å². The first-order valence-electron chi connectivity index (χ1n) is 7.69. The summed E-state index contributed by atoms with van der Waals surface area (Å²) in [5, 5.41) is 11.9. The Morgan fingerprint density at radius 2 is 2.17 bits per heavy atom. The number of amides is 1. The molecule has 1 aliphatic heterocycles. The second kappa shape index (κ2) is 6.36. The Morgan fingerprint density at radius 1 is 1.35 bits per heavy atom. The molecule has 2 aromatic rings. The van der Waals surface area contributed by atoms with Gasteiger partial charge in [-0.1, -0.05) is 5.16 Å². The number of carbonyl (C=O) groups excluding carboxylic acids is 1. The van der Waals surface area contributed by atoms with E-state index in [1.807, 2.05) is 31.7 Å². The van der Waals surface area contributed by atoms with Crippen molar-refractivity contribution in [3.05, 3.63) is 34.8 Å². The summed E-state index contributed by atoms with van der Waals surface area (Å²) in [6.45, 7) is 6.81. The predicted molar refractivity (Wildman–Crippen MR) is 82.1 cm³/mol. The lowest BCUT2D eigenvalue weighted by atomic mass is 10.1. The van der Waals surface area contributed by atoms with E-state index < -0.39 is 0 Å². The van der Waals surface area contributed by atoms with Crippen molar-refractivity contribution in [2.45, 2.75) is 39.7 Å². The van der Waals surface area contributed by atoms with Gasteiger partial charge in [0.15, 0.2) is 0 Å². The van der Waals surface area contributed by atoms with Crippen molar-refractivity contribution in [1.82, 2.24) is 20.3 Å². The van der Waals surface area contributed by atoms with Gasteiger partial charge in [0, 0.05) is 24.6 Å². The van der Waals surface area contributed by atoms with E-state index >= 15 is 0 Å². The number of aromatic nitrogens is 3. The van der Waals surface area contributed by atoms with Crippen LogP contribution in [0, 0.1) is 20.8 Å². The number of nitrogens with zero attached hydrogens (tertiary/aromatic N) is 4. The number of ether oxygens (including phenoxy) is 1. The highest BCUT2D eigenvalue weighted by atomic mass is 16.5. The van der Waals surface area contributed by atoms with Crippen LogP contribution in [0.1, 0.15) is 29.1 Å². The highest BCUT2D eigenvalue weighted by Gasteiger charge is 2.29. The molecule has 122 valence electrons. The number of hydrogen-bond donors (Lipinski definition) is 0. The molecule has 3 heterocycles. The maximum Gasteiger partial charge on any atom is 0.233 e. The molecule has 0 saturated carbocycles. The summed E-state index contributed by atoms with van der Waals surface area (Å²) in [7, 11) is 0. The minimum absolute atomic E-state index is 0.0411. The van der Waals surface area contributed by atoms with Gasteiger partial charge in [0.2, 0.25) is 11.8 Å². The summed E-state index contributed by atoms with van der Waals surface area (Å²) >= 11 is 0. The number of aryl methyl sites for hydroxylation is 3. The van der Waals surface area contributed by atoms with Gasteiger partial charge in [-0.2, -0.15) is 5.10 Å². The molecule has 1 atom stereocenters. The van der Waals surface area contributed by atoms with Gasteiger partial charge in [-0.25, -0.2) is 0 Å². The summed E-state index contributed by atoms with van der Waals surface area (Å²) in [4.78, 5) is 14.3. The van der Waals surface area contributed by atoms with Crippen molar-refractivity contribution in [2.24, 2.45) is 0 Å². The molecule has 0 spiro atoms. The Balaban J connectivity index is 1.56. The third-order valence-corrected chi connectivity index (χ3v) is 4.07. The molecule has 2 aromatic heterocycles. The van der Waals surface area contributed by atoms with Gasteiger partial charge < -0.3 is 14.2 Å². The molecule has 1 saturated heterocycles. The van der Waals surface area contributed by atoms with Gasteiger partial charge in [-0.15, -0.1) is 5.10 Å². The molecule has 1 unspecified atom stereocenters. The fourth-order valence-electron chi connectivity index (χ4n) is 2.69. The standard InChI is InChI=1S/C16H20N4O3/c1-10-4-5-15(18-17-10)22-13-6-7-20(9-13)16(21)8-14-11(2)19-23-12(14)3/h4-5,13H,6-9H2,1-3H3. The van der Waals surface area contributed by atoms with Gasteiger partial charge in [0.25, 0.3) is 0 Å². The molecular formula is C16H20N4O3. The quantitative estimate of drug-likeness (QED) is 0.852. The molecule has 0 bridgehead atoms. The lowest BCUT2D eigenvalue weighted by Gasteiger charge is -2.16. The van der Waals surface area contributed by atoms with Crippen molar-refractivity contribution in [3.63, 3.8) is 0 Å². The van der Waals surface area contributed by atoms with E-state index in [4.69, 9.17) is 9.26 Å². The SMILES string of the molecule is Cc1ccc(OC2CCN(C(=O)Cc3c(C)noc3C)C2)nn1. The van der Waals surface area contributed by atoms with Crippen LogP contribution in [-0.4, -0.2) is 45.4 Å².